The van der Waals surface area contributed by atoms with Gasteiger partial charge in [-0.05, 0) is 43.4 Å². The van der Waals surface area contributed by atoms with Crippen molar-refractivity contribution in [2.24, 2.45) is 0 Å². The van der Waals surface area contributed by atoms with E-state index in [1.807, 2.05) is 0 Å². The third-order valence-corrected chi connectivity index (χ3v) is 4.63. The van der Waals surface area contributed by atoms with E-state index in [9.17, 15) is 17.6 Å². The van der Waals surface area contributed by atoms with Gasteiger partial charge in [-0.3, -0.25) is 0 Å². The number of aryl methyl sites for hydroxylation is 1. The second-order valence-electron chi connectivity index (χ2n) is 5.40. The lowest BCUT2D eigenvalue weighted by Gasteiger charge is -2.20. The van der Waals surface area contributed by atoms with Crippen molar-refractivity contribution in [2.75, 3.05) is 0 Å². The summed E-state index contributed by atoms with van der Waals surface area (Å²) in [5.41, 5.74) is 0.769. The van der Waals surface area contributed by atoms with Crippen LogP contribution in [0.2, 0.25) is 0 Å². The summed E-state index contributed by atoms with van der Waals surface area (Å²) < 4.78 is 52.5. The molecule has 122 valence electrons. The number of benzene rings is 1. The molecule has 0 atom stereocenters. The molecule has 1 aromatic heterocycles. The topological polar surface area (TPSA) is 25.8 Å². The van der Waals surface area contributed by atoms with Crippen LogP contribution in [0.25, 0.3) is 0 Å². The molecule has 1 heterocycles. The lowest BCUT2D eigenvalue weighted by Crippen LogP contribution is -2.19. The molecular weight excluding hydrogens is 328 g/mol. The number of nitrogens with zero attached hydrogens (tertiary/aromatic N) is 2. The van der Waals surface area contributed by atoms with Crippen LogP contribution in [-0.2, 0) is 24.8 Å². The van der Waals surface area contributed by atoms with E-state index in [2.05, 4.69) is 9.97 Å². The summed E-state index contributed by atoms with van der Waals surface area (Å²) >= 11 is 1.14. The standard InChI is InChI=1S/C16H14F4N2S/c17-11-7-5-10(6-8-11)9-23-15-21-13-4-2-1-3-12(13)14(22-15)16(18,19)20/h5-8H,1-4,9H2. The largest absolute Gasteiger partial charge is 0.433 e. The van der Waals surface area contributed by atoms with Gasteiger partial charge in [-0.25, -0.2) is 14.4 Å². The van der Waals surface area contributed by atoms with Crippen molar-refractivity contribution in [1.29, 1.82) is 0 Å². The Morgan fingerprint density at radius 2 is 1.70 bits per heavy atom. The van der Waals surface area contributed by atoms with Gasteiger partial charge in [0.1, 0.15) is 5.82 Å². The van der Waals surface area contributed by atoms with E-state index in [4.69, 9.17) is 0 Å². The molecule has 7 heteroatoms. The van der Waals surface area contributed by atoms with E-state index in [-0.39, 0.29) is 16.5 Å². The van der Waals surface area contributed by atoms with E-state index in [1.165, 1.54) is 12.1 Å². The van der Waals surface area contributed by atoms with Crippen LogP contribution in [0.4, 0.5) is 17.6 Å². The van der Waals surface area contributed by atoms with Crippen molar-refractivity contribution in [3.05, 3.63) is 52.6 Å². The highest BCUT2D eigenvalue weighted by atomic mass is 32.2. The van der Waals surface area contributed by atoms with Crippen molar-refractivity contribution < 1.29 is 17.6 Å². The van der Waals surface area contributed by atoms with Crippen molar-refractivity contribution in [3.63, 3.8) is 0 Å². The third-order valence-electron chi connectivity index (χ3n) is 3.71. The van der Waals surface area contributed by atoms with Gasteiger partial charge in [0.25, 0.3) is 0 Å². The average Bonchev–Trinajstić information content (AvgIpc) is 2.52. The molecule has 2 nitrogen and oxygen atoms in total. The summed E-state index contributed by atoms with van der Waals surface area (Å²) in [5, 5.41) is 0.127. The Hall–Kier alpha value is -1.63. The van der Waals surface area contributed by atoms with E-state index in [0.717, 1.165) is 30.2 Å². The van der Waals surface area contributed by atoms with Gasteiger partial charge >= 0.3 is 6.18 Å². The van der Waals surface area contributed by atoms with Crippen molar-refractivity contribution in [3.8, 4) is 0 Å². The fourth-order valence-corrected chi connectivity index (χ4v) is 3.42. The summed E-state index contributed by atoms with van der Waals surface area (Å²) in [5.74, 6) is 0.0549. The Kier molecular flexibility index (Phi) is 4.57. The molecule has 0 radical (unpaired) electrons. The fraction of sp³-hybridized carbons (Fsp3) is 0.375. The first-order valence-corrected chi connectivity index (χ1v) is 8.26. The Balaban J connectivity index is 1.86. The SMILES string of the molecule is Fc1ccc(CSc2nc3c(c(C(F)(F)F)n2)CCCC3)cc1. The summed E-state index contributed by atoms with van der Waals surface area (Å²) in [7, 11) is 0. The van der Waals surface area contributed by atoms with Gasteiger partial charge in [0.05, 0.1) is 0 Å². The van der Waals surface area contributed by atoms with Crippen LogP contribution >= 0.6 is 11.8 Å². The van der Waals surface area contributed by atoms with Gasteiger partial charge in [0.15, 0.2) is 10.9 Å². The van der Waals surface area contributed by atoms with E-state index >= 15 is 0 Å². The van der Waals surface area contributed by atoms with E-state index in [1.54, 1.807) is 12.1 Å². The molecule has 0 saturated heterocycles. The van der Waals surface area contributed by atoms with Crippen molar-refractivity contribution >= 4 is 11.8 Å². The molecule has 0 unspecified atom stereocenters. The van der Waals surface area contributed by atoms with Crippen LogP contribution in [0.1, 0.15) is 35.4 Å². The van der Waals surface area contributed by atoms with Gasteiger partial charge < -0.3 is 0 Å². The minimum absolute atomic E-state index is 0.127. The highest BCUT2D eigenvalue weighted by Crippen LogP contribution is 2.36. The number of rotatable bonds is 3. The van der Waals surface area contributed by atoms with Crippen LogP contribution in [0.5, 0.6) is 0 Å². The van der Waals surface area contributed by atoms with Gasteiger partial charge in [-0.15, -0.1) is 0 Å². The maximum atomic E-state index is 13.2. The average molecular weight is 342 g/mol. The third kappa shape index (κ3) is 3.83. The first kappa shape index (κ1) is 16.2. The van der Waals surface area contributed by atoms with E-state index < -0.39 is 11.9 Å². The summed E-state index contributed by atoms with van der Waals surface area (Å²) in [6.07, 6.45) is -1.93. The second kappa shape index (κ2) is 6.47. The monoisotopic (exact) mass is 342 g/mol. The normalized spacial score (nSPS) is 14.6. The van der Waals surface area contributed by atoms with Crippen molar-refractivity contribution in [1.82, 2.24) is 9.97 Å². The molecule has 0 aliphatic heterocycles. The molecule has 1 aliphatic carbocycles. The zero-order chi connectivity index (χ0) is 16.4. The number of thioether (sulfide) groups is 1. The van der Waals surface area contributed by atoms with Crippen LogP contribution in [0.15, 0.2) is 29.4 Å². The smallest absolute Gasteiger partial charge is 0.227 e. The zero-order valence-corrected chi connectivity index (χ0v) is 13.0. The highest BCUT2D eigenvalue weighted by molar-refractivity contribution is 7.98. The van der Waals surface area contributed by atoms with Crippen LogP contribution in [0.3, 0.4) is 0 Å². The summed E-state index contributed by atoms with van der Waals surface area (Å²) in [6.45, 7) is 0. The van der Waals surface area contributed by atoms with Crippen LogP contribution in [-0.4, -0.2) is 9.97 Å². The van der Waals surface area contributed by atoms with Gasteiger partial charge in [-0.1, -0.05) is 23.9 Å². The number of hydrogen-bond donors (Lipinski definition) is 0. The quantitative estimate of drug-likeness (QED) is 0.455. The Labute approximate surface area is 135 Å². The fourth-order valence-electron chi connectivity index (χ4n) is 2.60. The maximum Gasteiger partial charge on any atom is 0.433 e. The summed E-state index contributed by atoms with van der Waals surface area (Å²) in [6, 6.07) is 5.85. The number of fused-ring (bicyclic) bond motifs is 1. The molecule has 0 amide bonds. The second-order valence-corrected chi connectivity index (χ2v) is 6.34. The number of aromatic nitrogens is 2. The maximum absolute atomic E-state index is 13.2. The first-order valence-electron chi connectivity index (χ1n) is 7.28. The molecule has 1 aromatic carbocycles. The Bertz CT molecular complexity index is 698. The predicted molar refractivity (Wildman–Crippen MR) is 79.6 cm³/mol. The molecule has 23 heavy (non-hydrogen) atoms. The number of hydrogen-bond acceptors (Lipinski definition) is 3. The molecule has 0 saturated carbocycles. The Morgan fingerprint density at radius 3 is 2.39 bits per heavy atom. The molecule has 3 rings (SSSR count). The Morgan fingerprint density at radius 1 is 1.00 bits per heavy atom. The minimum atomic E-state index is -4.46. The zero-order valence-electron chi connectivity index (χ0n) is 12.2. The predicted octanol–water partition coefficient (Wildman–Crippen LogP) is 4.81. The van der Waals surface area contributed by atoms with E-state index in [0.29, 0.717) is 24.3 Å². The van der Waals surface area contributed by atoms with Gasteiger partial charge in [-0.2, -0.15) is 13.2 Å². The number of alkyl halides is 3. The molecule has 0 N–H and O–H groups in total. The number of halogens is 4. The van der Waals surface area contributed by atoms with Crippen LogP contribution in [0, 0.1) is 5.82 Å². The van der Waals surface area contributed by atoms with Gasteiger partial charge in [0.2, 0.25) is 0 Å². The molecule has 1 aliphatic rings. The van der Waals surface area contributed by atoms with Gasteiger partial charge in [0, 0.05) is 17.0 Å². The highest BCUT2D eigenvalue weighted by Gasteiger charge is 2.37. The molecule has 0 bridgehead atoms. The summed E-state index contributed by atoms with van der Waals surface area (Å²) in [4.78, 5) is 8.04. The lowest BCUT2D eigenvalue weighted by atomic mass is 9.94. The first-order chi connectivity index (χ1) is 10.9. The van der Waals surface area contributed by atoms with Crippen molar-refractivity contribution in [2.45, 2.75) is 42.8 Å². The van der Waals surface area contributed by atoms with Crippen LogP contribution < -0.4 is 0 Å². The lowest BCUT2D eigenvalue weighted by molar-refractivity contribution is -0.142. The molecule has 0 spiro atoms. The minimum Gasteiger partial charge on any atom is -0.227 e. The molecule has 2 aromatic rings. The molecular formula is C16H14F4N2S. The molecule has 0 fully saturated rings.